The first kappa shape index (κ1) is 17.4. The lowest BCUT2D eigenvalue weighted by molar-refractivity contribution is -0.136. The second-order valence-electron chi connectivity index (χ2n) is 4.92. The van der Waals surface area contributed by atoms with Crippen molar-refractivity contribution in [1.82, 2.24) is 24.9 Å². The van der Waals surface area contributed by atoms with Crippen LogP contribution < -0.4 is 5.32 Å². The molecule has 130 valence electrons. The smallest absolute Gasteiger partial charge is 0.345 e. The summed E-state index contributed by atoms with van der Waals surface area (Å²) in [4.78, 5) is 15.9. The van der Waals surface area contributed by atoms with Crippen LogP contribution in [0.1, 0.15) is 21.7 Å². The molecule has 3 heterocycles. The van der Waals surface area contributed by atoms with Gasteiger partial charge in [-0.3, -0.25) is 14.2 Å². The van der Waals surface area contributed by atoms with Crippen LogP contribution in [0.25, 0.3) is 5.65 Å². The van der Waals surface area contributed by atoms with Gasteiger partial charge in [0.2, 0.25) is 0 Å². The second-order valence-corrected chi connectivity index (χ2v) is 5.76. The van der Waals surface area contributed by atoms with Crippen molar-refractivity contribution in [1.29, 1.82) is 0 Å². The molecule has 0 atom stereocenters. The number of fused-ring (bicyclic) bond motifs is 1. The summed E-state index contributed by atoms with van der Waals surface area (Å²) in [7, 11) is 0. The molecule has 0 aliphatic rings. The molecule has 25 heavy (non-hydrogen) atoms. The Bertz CT molecular complexity index is 957. The van der Waals surface area contributed by atoms with Gasteiger partial charge in [0.25, 0.3) is 5.91 Å². The number of alkyl halides is 3. The van der Waals surface area contributed by atoms with Crippen LogP contribution in [0, 0.1) is 0 Å². The highest BCUT2D eigenvalue weighted by Gasteiger charge is 2.35. The molecular weight excluding hydrogens is 382 g/mol. The van der Waals surface area contributed by atoms with Crippen molar-refractivity contribution in [2.75, 3.05) is 0 Å². The maximum atomic E-state index is 13.1. The minimum atomic E-state index is -4.64. The molecule has 1 amide bonds. The molecule has 0 bridgehead atoms. The van der Waals surface area contributed by atoms with E-state index in [-0.39, 0.29) is 28.0 Å². The standard InChI is InChI=1S/C14H8Cl2F3N5O/c15-7-3-9(14(17,18)19)12-23-22-11(24(12)6-7)5-21-13(25)8-4-20-2-1-10(8)16/h1-4,6H,5H2,(H,21,25). The first-order chi connectivity index (χ1) is 11.8. The number of carbonyl (C=O) groups is 1. The Morgan fingerprint density at radius 3 is 2.72 bits per heavy atom. The summed E-state index contributed by atoms with van der Waals surface area (Å²) in [6.45, 7) is -0.178. The van der Waals surface area contributed by atoms with Crippen molar-refractivity contribution in [2.45, 2.75) is 12.7 Å². The molecule has 6 nitrogen and oxygen atoms in total. The van der Waals surface area contributed by atoms with Gasteiger partial charge < -0.3 is 5.32 Å². The Kier molecular flexibility index (Phi) is 4.53. The molecule has 0 aliphatic heterocycles. The van der Waals surface area contributed by atoms with E-state index in [2.05, 4.69) is 20.5 Å². The average molecular weight is 390 g/mol. The van der Waals surface area contributed by atoms with Gasteiger partial charge in [0.15, 0.2) is 11.5 Å². The van der Waals surface area contributed by atoms with Gasteiger partial charge in [-0.05, 0) is 12.1 Å². The van der Waals surface area contributed by atoms with E-state index in [1.807, 2.05) is 0 Å². The van der Waals surface area contributed by atoms with E-state index >= 15 is 0 Å². The van der Waals surface area contributed by atoms with Crippen molar-refractivity contribution in [3.63, 3.8) is 0 Å². The van der Waals surface area contributed by atoms with E-state index in [1.54, 1.807) is 0 Å². The van der Waals surface area contributed by atoms with Gasteiger partial charge >= 0.3 is 6.18 Å². The summed E-state index contributed by atoms with van der Waals surface area (Å²) in [5.41, 5.74) is -1.28. The molecule has 0 radical (unpaired) electrons. The molecule has 0 saturated carbocycles. The van der Waals surface area contributed by atoms with E-state index in [1.165, 1.54) is 24.7 Å². The van der Waals surface area contributed by atoms with Crippen molar-refractivity contribution in [3.05, 3.63) is 57.7 Å². The number of rotatable bonds is 3. The second kappa shape index (κ2) is 6.49. The molecule has 0 unspecified atom stereocenters. The summed E-state index contributed by atoms with van der Waals surface area (Å²) in [5.74, 6) is -0.468. The number of pyridine rings is 2. The number of carbonyl (C=O) groups excluding carboxylic acids is 1. The van der Waals surface area contributed by atoms with Crippen LogP contribution in [-0.4, -0.2) is 25.5 Å². The lowest BCUT2D eigenvalue weighted by atomic mass is 10.2. The monoisotopic (exact) mass is 389 g/mol. The van der Waals surface area contributed by atoms with Crippen LogP contribution in [-0.2, 0) is 12.7 Å². The first-order valence-corrected chi connectivity index (χ1v) is 7.51. The predicted molar refractivity (Wildman–Crippen MR) is 83.4 cm³/mol. The van der Waals surface area contributed by atoms with Crippen LogP contribution >= 0.6 is 23.2 Å². The Morgan fingerprint density at radius 1 is 1.28 bits per heavy atom. The maximum Gasteiger partial charge on any atom is 0.420 e. The Labute approximate surface area is 148 Å². The number of hydrogen-bond donors (Lipinski definition) is 1. The van der Waals surface area contributed by atoms with E-state index in [9.17, 15) is 18.0 Å². The van der Waals surface area contributed by atoms with Gasteiger partial charge in [0.1, 0.15) is 5.56 Å². The number of nitrogens with zero attached hydrogens (tertiary/aromatic N) is 4. The fourth-order valence-corrected chi connectivity index (χ4v) is 2.53. The SMILES string of the molecule is O=C(NCc1nnc2c(C(F)(F)F)cc(Cl)cn12)c1cnccc1Cl. The highest BCUT2D eigenvalue weighted by Crippen LogP contribution is 2.33. The molecule has 3 aromatic heterocycles. The zero-order valence-electron chi connectivity index (χ0n) is 12.2. The fraction of sp³-hybridized carbons (Fsp3) is 0.143. The minimum absolute atomic E-state index is 0.0800. The fourth-order valence-electron chi connectivity index (χ4n) is 2.13. The first-order valence-electron chi connectivity index (χ1n) is 6.75. The number of hydrogen-bond acceptors (Lipinski definition) is 4. The van der Waals surface area contributed by atoms with E-state index < -0.39 is 23.3 Å². The molecule has 0 fully saturated rings. The topological polar surface area (TPSA) is 72.2 Å². The van der Waals surface area contributed by atoms with Gasteiger partial charge in [-0.2, -0.15) is 13.2 Å². The highest BCUT2D eigenvalue weighted by atomic mass is 35.5. The van der Waals surface area contributed by atoms with Crippen molar-refractivity contribution < 1.29 is 18.0 Å². The van der Waals surface area contributed by atoms with E-state index in [0.29, 0.717) is 0 Å². The summed E-state index contributed by atoms with van der Waals surface area (Å²) < 4.78 is 40.2. The predicted octanol–water partition coefficient (Wildman–Crippen LogP) is 3.38. The summed E-state index contributed by atoms with van der Waals surface area (Å²) in [6, 6.07) is 2.21. The quantitative estimate of drug-likeness (QED) is 0.745. The molecule has 0 aromatic carbocycles. The molecule has 3 aromatic rings. The van der Waals surface area contributed by atoms with Gasteiger partial charge in [-0.15, -0.1) is 10.2 Å². The third-order valence-corrected chi connectivity index (χ3v) is 3.80. The largest absolute Gasteiger partial charge is 0.420 e. The lowest BCUT2D eigenvalue weighted by Gasteiger charge is -2.09. The van der Waals surface area contributed by atoms with Gasteiger partial charge in [0, 0.05) is 18.6 Å². The molecule has 0 saturated heterocycles. The zero-order valence-corrected chi connectivity index (χ0v) is 13.7. The lowest BCUT2D eigenvalue weighted by Crippen LogP contribution is -2.24. The molecule has 1 N–H and O–H groups in total. The summed E-state index contributed by atoms with van der Waals surface area (Å²) in [6.07, 6.45) is -0.697. The van der Waals surface area contributed by atoms with Gasteiger partial charge in [-0.1, -0.05) is 23.2 Å². The zero-order chi connectivity index (χ0) is 18.2. The summed E-state index contributed by atoms with van der Waals surface area (Å²) >= 11 is 11.6. The number of nitrogens with one attached hydrogen (secondary N) is 1. The molecule has 0 spiro atoms. The van der Waals surface area contributed by atoms with Crippen LogP contribution in [0.5, 0.6) is 0 Å². The number of amides is 1. The maximum absolute atomic E-state index is 13.1. The van der Waals surface area contributed by atoms with Crippen LogP contribution in [0.4, 0.5) is 13.2 Å². The van der Waals surface area contributed by atoms with E-state index in [4.69, 9.17) is 23.2 Å². The van der Waals surface area contributed by atoms with Crippen molar-refractivity contribution in [2.24, 2.45) is 0 Å². The van der Waals surface area contributed by atoms with Crippen LogP contribution in [0.15, 0.2) is 30.7 Å². The van der Waals surface area contributed by atoms with Crippen LogP contribution in [0.2, 0.25) is 10.0 Å². The third kappa shape index (κ3) is 3.52. The Balaban J connectivity index is 1.89. The molecule has 11 heteroatoms. The Morgan fingerprint density at radius 2 is 2.04 bits per heavy atom. The molecular formula is C14H8Cl2F3N5O. The number of aromatic nitrogens is 4. The molecule has 3 rings (SSSR count). The van der Waals surface area contributed by atoms with Crippen molar-refractivity contribution in [3.8, 4) is 0 Å². The van der Waals surface area contributed by atoms with E-state index in [0.717, 1.165) is 10.5 Å². The highest BCUT2D eigenvalue weighted by molar-refractivity contribution is 6.33. The molecule has 0 aliphatic carbocycles. The minimum Gasteiger partial charge on any atom is -0.345 e. The van der Waals surface area contributed by atoms with Gasteiger partial charge in [-0.25, -0.2) is 0 Å². The van der Waals surface area contributed by atoms with Crippen LogP contribution in [0.3, 0.4) is 0 Å². The van der Waals surface area contributed by atoms with Crippen molar-refractivity contribution >= 4 is 34.8 Å². The Hall–Kier alpha value is -2.39. The van der Waals surface area contributed by atoms with Gasteiger partial charge in [0.05, 0.1) is 22.2 Å². The average Bonchev–Trinajstić information content (AvgIpc) is 2.94. The normalized spacial score (nSPS) is 11.7. The third-order valence-electron chi connectivity index (χ3n) is 3.27. The number of halogens is 5. The summed E-state index contributed by atoms with van der Waals surface area (Å²) in [5, 5.41) is 9.79.